The van der Waals surface area contributed by atoms with E-state index in [1.54, 1.807) is 4.68 Å². The van der Waals surface area contributed by atoms with Gasteiger partial charge in [0.25, 0.3) is 5.91 Å². The Kier molecular flexibility index (Phi) is 3.53. The van der Waals surface area contributed by atoms with Gasteiger partial charge in [0.15, 0.2) is 5.69 Å². The highest BCUT2D eigenvalue weighted by molar-refractivity contribution is 6.05. The summed E-state index contributed by atoms with van der Waals surface area (Å²) in [5.41, 5.74) is 2.41. The number of benzene rings is 1. The van der Waals surface area contributed by atoms with E-state index in [0.29, 0.717) is 23.7 Å². The monoisotopic (exact) mass is 353 g/mol. The minimum Gasteiger partial charge on any atom is -0.411 e. The molecule has 5 heterocycles. The zero-order chi connectivity index (χ0) is 17.8. The summed E-state index contributed by atoms with van der Waals surface area (Å²) in [6, 6.07) is 8.97. The first-order valence-electron chi connectivity index (χ1n) is 9.33. The Morgan fingerprint density at radius 2 is 1.96 bits per heavy atom. The molecule has 1 aromatic carbocycles. The molecule has 0 aliphatic carbocycles. The number of hydrogen-bond acceptors (Lipinski definition) is 5. The summed E-state index contributed by atoms with van der Waals surface area (Å²) >= 11 is 0. The van der Waals surface area contributed by atoms with Gasteiger partial charge in [-0.2, -0.15) is 5.10 Å². The molecule has 26 heavy (non-hydrogen) atoms. The molecule has 0 spiro atoms. The van der Waals surface area contributed by atoms with Crippen LogP contribution in [0.5, 0.6) is 0 Å². The molecule has 4 aliphatic rings. The number of nitrogens with zero attached hydrogens (tertiary/aromatic N) is 4. The molecule has 4 fully saturated rings. The third kappa shape index (κ3) is 2.34. The maximum absolute atomic E-state index is 12.9. The predicted octanol–water partition coefficient (Wildman–Crippen LogP) is 1.76. The lowest BCUT2D eigenvalue weighted by atomic mass is 9.71. The lowest BCUT2D eigenvalue weighted by molar-refractivity contribution is 0.00448. The molecule has 1 aromatic heterocycles. The molecule has 0 saturated carbocycles. The van der Waals surface area contributed by atoms with E-state index >= 15 is 0 Å². The Labute approximate surface area is 151 Å². The fourth-order valence-corrected chi connectivity index (χ4v) is 5.25. The van der Waals surface area contributed by atoms with Crippen LogP contribution >= 0.6 is 0 Å². The number of aromatic nitrogens is 2. The summed E-state index contributed by atoms with van der Waals surface area (Å²) in [6.07, 6.45) is 3.99. The normalized spacial score (nSPS) is 34.3. The maximum Gasteiger partial charge on any atom is 0.272 e. The van der Waals surface area contributed by atoms with Gasteiger partial charge in [0.1, 0.15) is 0 Å². The molecule has 2 N–H and O–H groups in total. The number of amides is 1. The van der Waals surface area contributed by atoms with Gasteiger partial charge in [0.2, 0.25) is 0 Å². The van der Waals surface area contributed by atoms with Crippen molar-refractivity contribution in [1.82, 2.24) is 20.0 Å². The van der Waals surface area contributed by atoms with Crippen LogP contribution in [0, 0.1) is 5.92 Å². The number of fused-ring (bicyclic) bond motifs is 2. The summed E-state index contributed by atoms with van der Waals surface area (Å²) in [5, 5.41) is 21.2. The van der Waals surface area contributed by atoms with Crippen molar-refractivity contribution in [2.75, 3.05) is 6.54 Å². The minimum atomic E-state index is -0.0791. The number of carbonyl (C=O) groups excluding carboxylic acids is 1. The molecule has 7 heteroatoms. The van der Waals surface area contributed by atoms with Gasteiger partial charge < -0.3 is 10.5 Å². The van der Waals surface area contributed by atoms with Gasteiger partial charge in [-0.3, -0.25) is 14.4 Å². The zero-order valence-electron chi connectivity index (χ0n) is 14.8. The average Bonchev–Trinajstić information content (AvgIpc) is 2.98. The Morgan fingerprint density at radius 1 is 1.23 bits per heavy atom. The predicted molar refractivity (Wildman–Crippen MR) is 97.4 cm³/mol. The number of oxime groups is 1. The molecule has 7 nitrogen and oxygen atoms in total. The van der Waals surface area contributed by atoms with E-state index in [4.69, 9.17) is 5.21 Å². The zero-order valence-corrected chi connectivity index (χ0v) is 14.8. The lowest BCUT2D eigenvalue weighted by Crippen LogP contribution is -2.64. The number of piperidine rings is 4. The van der Waals surface area contributed by atoms with Gasteiger partial charge in [-0.05, 0) is 31.7 Å². The second-order valence-corrected chi connectivity index (χ2v) is 7.87. The van der Waals surface area contributed by atoms with E-state index in [9.17, 15) is 4.79 Å². The maximum atomic E-state index is 12.9. The number of hydrogen-bond donors (Lipinski definition) is 2. The molecule has 2 aromatic rings. The fraction of sp³-hybridized carbons (Fsp3) is 0.526. The van der Waals surface area contributed by atoms with Gasteiger partial charge in [-0.25, -0.2) is 0 Å². The van der Waals surface area contributed by atoms with Crippen LogP contribution in [0.25, 0.3) is 10.9 Å². The van der Waals surface area contributed by atoms with Gasteiger partial charge in [-0.1, -0.05) is 23.4 Å². The van der Waals surface area contributed by atoms with Crippen molar-refractivity contribution in [1.29, 1.82) is 0 Å². The van der Waals surface area contributed by atoms with Crippen LogP contribution in [0.4, 0.5) is 0 Å². The summed E-state index contributed by atoms with van der Waals surface area (Å²) in [6.45, 7) is 0.780. The topological polar surface area (TPSA) is 82.8 Å². The van der Waals surface area contributed by atoms with E-state index in [-0.39, 0.29) is 11.9 Å². The number of carbonyl (C=O) groups is 1. The van der Waals surface area contributed by atoms with Gasteiger partial charge >= 0.3 is 0 Å². The van der Waals surface area contributed by atoms with Crippen molar-refractivity contribution in [2.45, 2.75) is 43.8 Å². The lowest BCUT2D eigenvalue weighted by Gasteiger charge is -2.55. The highest BCUT2D eigenvalue weighted by Gasteiger charge is 2.48. The fourth-order valence-electron chi connectivity index (χ4n) is 5.25. The molecule has 5 atom stereocenters. The molecular weight excluding hydrogens is 330 g/mol. The Morgan fingerprint density at radius 3 is 2.65 bits per heavy atom. The van der Waals surface area contributed by atoms with Crippen LogP contribution in [-0.4, -0.2) is 56.2 Å². The number of nitrogens with one attached hydrogen (secondary N) is 1. The van der Waals surface area contributed by atoms with E-state index in [1.807, 2.05) is 31.3 Å². The number of para-hydroxylation sites is 1. The molecular formula is C19H23N5O2. The van der Waals surface area contributed by atoms with Crippen LogP contribution in [0.15, 0.2) is 29.4 Å². The molecule has 0 radical (unpaired) electrons. The number of aryl methyl sites for hydroxylation is 1. The van der Waals surface area contributed by atoms with Crippen LogP contribution < -0.4 is 5.32 Å². The molecule has 4 aliphatic heterocycles. The van der Waals surface area contributed by atoms with E-state index in [0.717, 1.165) is 48.8 Å². The van der Waals surface area contributed by atoms with E-state index in [2.05, 4.69) is 20.5 Å². The van der Waals surface area contributed by atoms with Gasteiger partial charge in [-0.15, -0.1) is 0 Å². The molecule has 136 valence electrons. The van der Waals surface area contributed by atoms with E-state index in [1.165, 1.54) is 0 Å². The van der Waals surface area contributed by atoms with Crippen LogP contribution in [0.3, 0.4) is 0 Å². The third-order valence-electron chi connectivity index (χ3n) is 6.42. The molecule has 4 bridgehead atoms. The molecule has 6 rings (SSSR count). The molecule has 1 amide bonds. The van der Waals surface area contributed by atoms with Crippen molar-refractivity contribution in [3.05, 3.63) is 30.0 Å². The second-order valence-electron chi connectivity index (χ2n) is 7.87. The van der Waals surface area contributed by atoms with Gasteiger partial charge in [0, 0.05) is 43.0 Å². The summed E-state index contributed by atoms with van der Waals surface area (Å²) < 4.78 is 1.76. The van der Waals surface area contributed by atoms with Crippen LogP contribution in [0.2, 0.25) is 0 Å². The standard InChI is InChI=1S/C19H23N5O2/c1-23-17-5-3-2-4-15(17)18(21-23)19(25)20-12-8-13-6-11-7-14(9-12)24(13)10-16(11)22-26/h2-5,11-14,26H,6-10H2,1H3,(H,20,25)/b22-16+/t11?,12?,13-,14?/m1/s1. The van der Waals surface area contributed by atoms with Gasteiger partial charge in [0.05, 0.1) is 11.2 Å². The number of rotatable bonds is 2. The Balaban J connectivity index is 1.33. The van der Waals surface area contributed by atoms with E-state index < -0.39 is 0 Å². The average molecular weight is 353 g/mol. The first-order valence-corrected chi connectivity index (χ1v) is 9.33. The van der Waals surface area contributed by atoms with Crippen LogP contribution in [-0.2, 0) is 7.05 Å². The van der Waals surface area contributed by atoms with Crippen molar-refractivity contribution in [3.63, 3.8) is 0 Å². The third-order valence-corrected chi connectivity index (χ3v) is 6.42. The first-order chi connectivity index (χ1) is 12.6. The molecule has 4 unspecified atom stereocenters. The van der Waals surface area contributed by atoms with Crippen molar-refractivity contribution < 1.29 is 10.0 Å². The van der Waals surface area contributed by atoms with Crippen molar-refractivity contribution >= 4 is 22.5 Å². The van der Waals surface area contributed by atoms with Crippen molar-refractivity contribution in [3.8, 4) is 0 Å². The second kappa shape index (κ2) is 5.81. The highest BCUT2D eigenvalue weighted by Crippen LogP contribution is 2.41. The summed E-state index contributed by atoms with van der Waals surface area (Å²) in [5.74, 6) is 0.334. The molecule has 4 saturated heterocycles. The minimum absolute atomic E-state index is 0.0791. The Hall–Kier alpha value is -2.41. The smallest absolute Gasteiger partial charge is 0.272 e. The first kappa shape index (κ1) is 15.8. The summed E-state index contributed by atoms with van der Waals surface area (Å²) in [4.78, 5) is 15.3. The SMILES string of the molecule is Cn1nc(C(=O)NC2CC3CC4C[C@H](C2)N3C/C4=N\O)c2ccccc21. The largest absolute Gasteiger partial charge is 0.411 e. The van der Waals surface area contributed by atoms with Crippen LogP contribution in [0.1, 0.15) is 36.2 Å². The Bertz CT molecular complexity index is 888. The highest BCUT2D eigenvalue weighted by atomic mass is 16.4. The summed E-state index contributed by atoms with van der Waals surface area (Å²) in [7, 11) is 1.87. The van der Waals surface area contributed by atoms with Crippen molar-refractivity contribution in [2.24, 2.45) is 18.1 Å². The quantitative estimate of drug-likeness (QED) is 0.637.